The van der Waals surface area contributed by atoms with Crippen LogP contribution < -0.4 is 15.8 Å². The molecule has 3 aromatic rings. The van der Waals surface area contributed by atoms with Crippen LogP contribution in [0.2, 0.25) is 5.02 Å². The van der Waals surface area contributed by atoms with E-state index in [9.17, 15) is 9.90 Å². The fraction of sp³-hybridized carbons (Fsp3) is 0.385. The fourth-order valence-electron chi connectivity index (χ4n) is 4.46. The summed E-state index contributed by atoms with van der Waals surface area (Å²) >= 11 is 6.23. The highest BCUT2D eigenvalue weighted by atomic mass is 35.5. The van der Waals surface area contributed by atoms with E-state index < -0.39 is 0 Å². The third kappa shape index (κ3) is 4.92. The average Bonchev–Trinajstić information content (AvgIpc) is 2.82. The molecule has 1 saturated carbocycles. The molecule has 1 aliphatic carbocycles. The SMILES string of the molecule is CCCC(=O)c1cnc2ccc(-c3cc(Cl)c(O)c(OC)c3)cc2c1NC1CCC(N)CC1. The Bertz CT molecular complexity index is 1170. The number of benzene rings is 2. The first-order chi connectivity index (χ1) is 15.9. The van der Waals surface area contributed by atoms with Gasteiger partial charge in [-0.05, 0) is 67.5 Å². The van der Waals surface area contributed by atoms with Gasteiger partial charge in [-0.15, -0.1) is 0 Å². The number of halogens is 1. The number of carbonyl (C=O) groups excluding carboxylic acids is 1. The number of aromatic hydroxyl groups is 1. The molecule has 0 spiro atoms. The molecule has 0 aliphatic heterocycles. The zero-order valence-electron chi connectivity index (χ0n) is 19.0. The van der Waals surface area contributed by atoms with Crippen LogP contribution >= 0.6 is 11.6 Å². The van der Waals surface area contributed by atoms with Crippen molar-refractivity contribution < 1.29 is 14.6 Å². The summed E-state index contributed by atoms with van der Waals surface area (Å²) in [6.07, 6.45) is 6.82. The van der Waals surface area contributed by atoms with Crippen LogP contribution in [0.25, 0.3) is 22.0 Å². The summed E-state index contributed by atoms with van der Waals surface area (Å²) in [5.74, 6) is 0.303. The number of pyridine rings is 1. The maximum absolute atomic E-state index is 13.0. The number of phenols is 1. The number of hydrogen-bond donors (Lipinski definition) is 3. The lowest BCUT2D eigenvalue weighted by Gasteiger charge is -2.29. The number of hydrogen-bond acceptors (Lipinski definition) is 6. The van der Waals surface area contributed by atoms with E-state index >= 15 is 0 Å². The van der Waals surface area contributed by atoms with Crippen LogP contribution in [0.1, 0.15) is 55.8 Å². The highest BCUT2D eigenvalue weighted by molar-refractivity contribution is 6.32. The predicted octanol–water partition coefficient (Wildman–Crippen LogP) is 5.93. The molecule has 0 amide bonds. The van der Waals surface area contributed by atoms with Crippen LogP contribution in [0, 0.1) is 0 Å². The van der Waals surface area contributed by atoms with Gasteiger partial charge >= 0.3 is 0 Å². The summed E-state index contributed by atoms with van der Waals surface area (Å²) in [5, 5.41) is 14.9. The zero-order valence-corrected chi connectivity index (χ0v) is 19.8. The van der Waals surface area contributed by atoms with E-state index in [4.69, 9.17) is 22.1 Å². The van der Waals surface area contributed by atoms with Crippen molar-refractivity contribution in [1.29, 1.82) is 0 Å². The van der Waals surface area contributed by atoms with Crippen molar-refractivity contribution in [2.75, 3.05) is 12.4 Å². The molecular formula is C26H30ClN3O3. The van der Waals surface area contributed by atoms with Gasteiger partial charge in [0.05, 0.1) is 28.9 Å². The Kier molecular flexibility index (Phi) is 7.05. The molecule has 1 fully saturated rings. The van der Waals surface area contributed by atoms with Gasteiger partial charge in [0, 0.05) is 30.1 Å². The zero-order chi connectivity index (χ0) is 23.5. The Morgan fingerprint density at radius 2 is 1.97 bits per heavy atom. The lowest BCUT2D eigenvalue weighted by molar-refractivity contribution is 0.0982. The second-order valence-electron chi connectivity index (χ2n) is 8.72. The van der Waals surface area contributed by atoms with Gasteiger partial charge in [-0.25, -0.2) is 0 Å². The maximum atomic E-state index is 13.0. The van der Waals surface area contributed by atoms with Crippen molar-refractivity contribution in [1.82, 2.24) is 4.98 Å². The minimum atomic E-state index is -0.0873. The van der Waals surface area contributed by atoms with Crippen LogP contribution in [0.15, 0.2) is 36.5 Å². The molecule has 0 unspecified atom stereocenters. The average molecular weight is 468 g/mol. The van der Waals surface area contributed by atoms with Crippen LogP contribution in [0.4, 0.5) is 5.69 Å². The van der Waals surface area contributed by atoms with Gasteiger partial charge < -0.3 is 20.9 Å². The number of aromatic nitrogens is 1. The Morgan fingerprint density at radius 3 is 2.67 bits per heavy atom. The molecule has 0 saturated heterocycles. The van der Waals surface area contributed by atoms with E-state index in [0.29, 0.717) is 17.7 Å². The first-order valence-corrected chi connectivity index (χ1v) is 11.8. The van der Waals surface area contributed by atoms with E-state index in [1.54, 1.807) is 18.3 Å². The van der Waals surface area contributed by atoms with Gasteiger partial charge in [0.1, 0.15) is 0 Å². The quantitative estimate of drug-likeness (QED) is 0.372. The Morgan fingerprint density at radius 1 is 1.21 bits per heavy atom. The first kappa shape index (κ1) is 23.3. The second kappa shape index (κ2) is 9.98. The molecule has 33 heavy (non-hydrogen) atoms. The molecule has 0 atom stereocenters. The van der Waals surface area contributed by atoms with Crippen molar-refractivity contribution in [2.24, 2.45) is 5.73 Å². The number of ether oxygens (including phenoxy) is 1. The van der Waals surface area contributed by atoms with E-state index in [1.807, 2.05) is 25.1 Å². The minimum absolute atomic E-state index is 0.0849. The standard InChI is InChI=1S/C26H30ClN3O3/c1-3-4-23(31)20-14-29-22-10-5-15(16-12-21(27)26(32)24(13-16)33-2)11-19(22)25(20)30-18-8-6-17(28)7-9-18/h5,10-14,17-18,32H,3-4,6-9,28H2,1-2H3,(H,29,30). The number of methoxy groups -OCH3 is 1. The highest BCUT2D eigenvalue weighted by Gasteiger charge is 2.22. The lowest BCUT2D eigenvalue weighted by atomic mass is 9.91. The number of rotatable bonds is 7. The van der Waals surface area contributed by atoms with Crippen LogP contribution in [-0.4, -0.2) is 35.1 Å². The number of anilines is 1. The van der Waals surface area contributed by atoms with Crippen molar-refractivity contribution in [3.05, 3.63) is 47.1 Å². The number of ketones is 1. The molecule has 1 aromatic heterocycles. The summed E-state index contributed by atoms with van der Waals surface area (Å²) in [7, 11) is 1.49. The normalized spacial score (nSPS) is 18.3. The van der Waals surface area contributed by atoms with Crippen molar-refractivity contribution in [3.8, 4) is 22.6 Å². The lowest BCUT2D eigenvalue weighted by Crippen LogP contribution is -2.33. The third-order valence-corrected chi connectivity index (χ3v) is 6.64. The Labute approximate surface area is 199 Å². The van der Waals surface area contributed by atoms with Crippen LogP contribution in [-0.2, 0) is 0 Å². The molecule has 4 N–H and O–H groups in total. The van der Waals surface area contributed by atoms with Gasteiger partial charge in [0.15, 0.2) is 17.3 Å². The Hall–Kier alpha value is -2.83. The first-order valence-electron chi connectivity index (χ1n) is 11.5. The van der Waals surface area contributed by atoms with E-state index in [0.717, 1.165) is 59.8 Å². The highest BCUT2D eigenvalue weighted by Crippen LogP contribution is 2.40. The monoisotopic (exact) mass is 467 g/mol. The van der Waals surface area contributed by atoms with Gasteiger partial charge in [0.2, 0.25) is 0 Å². The van der Waals surface area contributed by atoms with E-state index in [1.165, 1.54) is 7.11 Å². The van der Waals surface area contributed by atoms with Gasteiger partial charge in [-0.1, -0.05) is 24.6 Å². The van der Waals surface area contributed by atoms with Gasteiger partial charge in [0.25, 0.3) is 0 Å². The van der Waals surface area contributed by atoms with Gasteiger partial charge in [-0.3, -0.25) is 9.78 Å². The van der Waals surface area contributed by atoms with Crippen LogP contribution in [0.3, 0.4) is 0 Å². The number of carbonyl (C=O) groups is 1. The molecule has 0 bridgehead atoms. The van der Waals surface area contributed by atoms with E-state index in [-0.39, 0.29) is 28.6 Å². The Balaban J connectivity index is 1.83. The smallest absolute Gasteiger partial charge is 0.176 e. The number of nitrogens with zero attached hydrogens (tertiary/aromatic N) is 1. The molecule has 2 aromatic carbocycles. The molecule has 7 heteroatoms. The number of nitrogens with one attached hydrogen (secondary N) is 1. The maximum Gasteiger partial charge on any atom is 0.176 e. The number of phenolic OH excluding ortho intramolecular Hbond substituents is 1. The largest absolute Gasteiger partial charge is 0.503 e. The predicted molar refractivity (Wildman–Crippen MR) is 133 cm³/mol. The molecule has 0 radical (unpaired) electrons. The van der Waals surface area contributed by atoms with Crippen molar-refractivity contribution in [3.63, 3.8) is 0 Å². The number of Topliss-reactive ketones (excluding diaryl/α,β-unsaturated/α-hetero) is 1. The number of fused-ring (bicyclic) bond motifs is 1. The molecular weight excluding hydrogens is 438 g/mol. The van der Waals surface area contributed by atoms with Gasteiger partial charge in [-0.2, -0.15) is 0 Å². The molecule has 1 heterocycles. The summed E-state index contributed by atoms with van der Waals surface area (Å²) in [4.78, 5) is 17.5. The van der Waals surface area contributed by atoms with Crippen LogP contribution in [0.5, 0.6) is 11.5 Å². The molecule has 4 rings (SSSR count). The summed E-state index contributed by atoms with van der Waals surface area (Å²) in [6.45, 7) is 2.00. The number of nitrogens with two attached hydrogens (primary N) is 1. The van der Waals surface area contributed by atoms with Crippen molar-refractivity contribution in [2.45, 2.75) is 57.5 Å². The molecule has 1 aliphatic rings. The summed E-state index contributed by atoms with van der Waals surface area (Å²) < 4.78 is 5.27. The van der Waals surface area contributed by atoms with E-state index in [2.05, 4.69) is 10.3 Å². The molecule has 174 valence electrons. The third-order valence-electron chi connectivity index (χ3n) is 6.35. The molecule has 6 nitrogen and oxygen atoms in total. The summed E-state index contributed by atoms with van der Waals surface area (Å²) in [5.41, 5.74) is 10.0. The minimum Gasteiger partial charge on any atom is -0.503 e. The summed E-state index contributed by atoms with van der Waals surface area (Å²) in [6, 6.07) is 9.87. The topological polar surface area (TPSA) is 97.5 Å². The van der Waals surface area contributed by atoms with Crippen molar-refractivity contribution >= 4 is 34.0 Å². The fourth-order valence-corrected chi connectivity index (χ4v) is 4.68. The second-order valence-corrected chi connectivity index (χ2v) is 9.12.